The number of nitro groups is 1. The zero-order valence-electron chi connectivity index (χ0n) is 28.8. The maximum absolute atomic E-state index is 13.2. The summed E-state index contributed by atoms with van der Waals surface area (Å²) in [6, 6.07) is 9.35. The second kappa shape index (κ2) is 21.5. The van der Waals surface area contributed by atoms with Crippen LogP contribution in [-0.2, 0) is 38.1 Å². The molecule has 2 heterocycles. The number of nitrogens with zero attached hydrogens (tertiary/aromatic N) is 2. The summed E-state index contributed by atoms with van der Waals surface area (Å²) in [6.45, 7) is 4.59. The number of hydrogen-bond donors (Lipinski definition) is 2. The van der Waals surface area contributed by atoms with Crippen molar-refractivity contribution in [2.75, 3.05) is 78.0 Å². The molecule has 52 heavy (non-hydrogen) atoms. The van der Waals surface area contributed by atoms with Crippen LogP contribution in [0, 0.1) is 10.1 Å². The van der Waals surface area contributed by atoms with E-state index < -0.39 is 34.6 Å². The molecule has 0 aliphatic carbocycles. The highest BCUT2D eigenvalue weighted by Crippen LogP contribution is 2.32. The molecular formula is C35H44N4O13. The molecule has 4 rings (SSSR count). The smallest absolute Gasteiger partial charge is 0.269 e. The normalized spacial score (nSPS) is 15.5. The van der Waals surface area contributed by atoms with E-state index in [0.29, 0.717) is 84.8 Å². The number of carbonyl (C=O) groups is 5. The van der Waals surface area contributed by atoms with Gasteiger partial charge in [-0.15, -0.1) is 0 Å². The van der Waals surface area contributed by atoms with Crippen LogP contribution in [0.2, 0.25) is 0 Å². The van der Waals surface area contributed by atoms with Crippen LogP contribution in [0.4, 0.5) is 11.4 Å². The van der Waals surface area contributed by atoms with Crippen LogP contribution in [0.15, 0.2) is 42.5 Å². The predicted molar refractivity (Wildman–Crippen MR) is 183 cm³/mol. The number of hydrogen-bond acceptors (Lipinski definition) is 13. The maximum atomic E-state index is 13.2. The van der Waals surface area contributed by atoms with Crippen LogP contribution in [0.1, 0.15) is 59.2 Å². The molecule has 2 N–H and O–H groups in total. The molecule has 1 saturated heterocycles. The van der Waals surface area contributed by atoms with Gasteiger partial charge < -0.3 is 33.7 Å². The lowest BCUT2D eigenvalue weighted by Gasteiger charge is -2.27. The summed E-state index contributed by atoms with van der Waals surface area (Å²) in [4.78, 5) is 73.6. The molecule has 1 atom stereocenters. The van der Waals surface area contributed by atoms with Gasteiger partial charge in [0.15, 0.2) is 0 Å². The Bertz CT molecular complexity index is 1540. The van der Waals surface area contributed by atoms with E-state index in [1.807, 2.05) is 0 Å². The average molecular weight is 729 g/mol. The number of fused-ring (bicyclic) bond motifs is 1. The number of rotatable bonds is 25. The lowest BCUT2D eigenvalue weighted by atomic mass is 10.0. The summed E-state index contributed by atoms with van der Waals surface area (Å²) >= 11 is 0. The first-order valence-corrected chi connectivity index (χ1v) is 17.2. The molecule has 1 unspecified atom stereocenters. The molecule has 17 nitrogen and oxygen atoms in total. The van der Waals surface area contributed by atoms with E-state index in [4.69, 9.17) is 28.4 Å². The fraction of sp³-hybridized carbons (Fsp3) is 0.514. The average Bonchev–Trinajstić information content (AvgIpc) is 3.38. The van der Waals surface area contributed by atoms with Gasteiger partial charge in [0.2, 0.25) is 17.7 Å². The second-order valence-corrected chi connectivity index (χ2v) is 11.7. The Hall–Kier alpha value is -4.81. The zero-order valence-corrected chi connectivity index (χ0v) is 28.8. The highest BCUT2D eigenvalue weighted by molar-refractivity contribution is 6.26. The number of piperidine rings is 1. The van der Waals surface area contributed by atoms with Gasteiger partial charge in [-0.2, -0.15) is 0 Å². The molecule has 0 radical (unpaired) electrons. The molecule has 2 aromatic rings. The number of unbranched alkanes of at least 4 members (excludes halogenated alkanes) is 2. The first kappa shape index (κ1) is 40.0. The first-order valence-electron chi connectivity index (χ1n) is 17.2. The van der Waals surface area contributed by atoms with Crippen LogP contribution in [0.25, 0.3) is 0 Å². The molecule has 0 spiro atoms. The van der Waals surface area contributed by atoms with E-state index >= 15 is 0 Å². The topological polar surface area (TPSA) is 211 Å². The number of amides is 5. The van der Waals surface area contributed by atoms with E-state index in [2.05, 4.69) is 10.6 Å². The van der Waals surface area contributed by atoms with E-state index in [1.165, 1.54) is 18.2 Å². The minimum atomic E-state index is -1.08. The number of imide groups is 2. The third kappa shape index (κ3) is 12.4. The Morgan fingerprint density at radius 2 is 1.37 bits per heavy atom. The van der Waals surface area contributed by atoms with Crippen molar-refractivity contribution < 1.29 is 57.3 Å². The van der Waals surface area contributed by atoms with Crippen molar-refractivity contribution in [1.82, 2.24) is 10.2 Å². The minimum absolute atomic E-state index is 0.00835. The number of non-ortho nitro benzene ring substituents is 1. The molecule has 2 aliphatic rings. The Balaban J connectivity index is 0.923. The third-order valence-corrected chi connectivity index (χ3v) is 7.97. The van der Waals surface area contributed by atoms with E-state index in [1.54, 1.807) is 24.3 Å². The highest BCUT2D eigenvalue weighted by Gasteiger charge is 2.45. The summed E-state index contributed by atoms with van der Waals surface area (Å²) < 4.78 is 32.9. The lowest BCUT2D eigenvalue weighted by Crippen LogP contribution is -2.54. The minimum Gasteiger partial charge on any atom is -0.491 e. The van der Waals surface area contributed by atoms with Crippen molar-refractivity contribution in [2.24, 2.45) is 0 Å². The maximum Gasteiger partial charge on any atom is 0.269 e. The van der Waals surface area contributed by atoms with Crippen molar-refractivity contribution >= 4 is 40.9 Å². The van der Waals surface area contributed by atoms with Gasteiger partial charge in [0.25, 0.3) is 17.5 Å². The molecule has 0 aromatic heterocycles. The standard InChI is InChI=1S/C35H44N4O13/c40-30(36-28-6-4-5-27-32(28)35(44)38(34(27)43)29-12-13-31(41)37-33(29)42)7-2-1-3-14-47-15-16-48-17-18-49-19-20-50-21-22-51-23-24-52-26-10-8-25(9-11-26)39(45)46/h4-6,8-11,29H,1-3,7,12-24H2,(H,36,40)(H,37,41,42). The Morgan fingerprint density at radius 1 is 0.769 bits per heavy atom. The Morgan fingerprint density at radius 3 is 1.96 bits per heavy atom. The van der Waals surface area contributed by atoms with Gasteiger partial charge in [-0.05, 0) is 43.5 Å². The fourth-order valence-electron chi connectivity index (χ4n) is 5.36. The third-order valence-electron chi connectivity index (χ3n) is 7.97. The number of carbonyl (C=O) groups excluding carboxylic acids is 5. The van der Waals surface area contributed by atoms with Gasteiger partial charge in [0, 0.05) is 31.6 Å². The molecule has 282 valence electrons. The second-order valence-electron chi connectivity index (χ2n) is 11.7. The summed E-state index contributed by atoms with van der Waals surface area (Å²) in [5.41, 5.74) is 0.370. The summed E-state index contributed by atoms with van der Waals surface area (Å²) in [6.07, 6.45) is 2.40. The van der Waals surface area contributed by atoms with E-state index in [0.717, 1.165) is 17.7 Å². The lowest BCUT2D eigenvalue weighted by molar-refractivity contribution is -0.384. The van der Waals surface area contributed by atoms with Crippen molar-refractivity contribution in [3.63, 3.8) is 0 Å². The highest BCUT2D eigenvalue weighted by atomic mass is 16.6. The Kier molecular flexibility index (Phi) is 16.5. The quantitative estimate of drug-likeness (QED) is 0.0653. The number of nitro benzene ring substituents is 1. The number of ether oxygens (including phenoxy) is 6. The largest absolute Gasteiger partial charge is 0.491 e. The van der Waals surface area contributed by atoms with Gasteiger partial charge in [-0.25, -0.2) is 0 Å². The van der Waals surface area contributed by atoms with Crippen LogP contribution in [-0.4, -0.2) is 118 Å². The van der Waals surface area contributed by atoms with Crippen LogP contribution >= 0.6 is 0 Å². The number of benzene rings is 2. The molecule has 2 aliphatic heterocycles. The summed E-state index contributed by atoms with van der Waals surface area (Å²) in [7, 11) is 0. The van der Waals surface area contributed by atoms with Crippen LogP contribution in [0.5, 0.6) is 5.75 Å². The molecule has 1 fully saturated rings. The van der Waals surface area contributed by atoms with Crippen molar-refractivity contribution in [2.45, 2.75) is 44.6 Å². The summed E-state index contributed by atoms with van der Waals surface area (Å²) in [5, 5.41) is 15.5. The predicted octanol–water partition coefficient (Wildman–Crippen LogP) is 2.66. The molecule has 17 heteroatoms. The molecular weight excluding hydrogens is 684 g/mol. The molecule has 5 amide bonds. The monoisotopic (exact) mass is 728 g/mol. The van der Waals surface area contributed by atoms with Crippen molar-refractivity contribution in [3.05, 3.63) is 63.7 Å². The van der Waals surface area contributed by atoms with Gasteiger partial charge in [-0.1, -0.05) is 12.5 Å². The van der Waals surface area contributed by atoms with Crippen LogP contribution < -0.4 is 15.4 Å². The van der Waals surface area contributed by atoms with Crippen molar-refractivity contribution in [3.8, 4) is 5.75 Å². The first-order chi connectivity index (χ1) is 25.3. The Labute approximate surface area is 300 Å². The zero-order chi connectivity index (χ0) is 37.1. The van der Waals surface area contributed by atoms with E-state index in [-0.39, 0.29) is 47.7 Å². The van der Waals surface area contributed by atoms with Crippen molar-refractivity contribution in [1.29, 1.82) is 0 Å². The molecule has 2 aromatic carbocycles. The van der Waals surface area contributed by atoms with Gasteiger partial charge in [-0.3, -0.25) is 44.3 Å². The number of nitrogens with one attached hydrogen (secondary N) is 2. The fourth-order valence-corrected chi connectivity index (χ4v) is 5.36. The van der Waals surface area contributed by atoms with Gasteiger partial charge >= 0.3 is 0 Å². The van der Waals surface area contributed by atoms with Crippen LogP contribution in [0.3, 0.4) is 0 Å². The van der Waals surface area contributed by atoms with Gasteiger partial charge in [0.05, 0.1) is 81.2 Å². The number of anilines is 1. The van der Waals surface area contributed by atoms with E-state index in [9.17, 15) is 34.1 Å². The summed E-state index contributed by atoms with van der Waals surface area (Å²) in [5.74, 6) is -2.21. The van der Waals surface area contributed by atoms with Gasteiger partial charge in [0.1, 0.15) is 18.4 Å². The SMILES string of the molecule is O=C1CCC(N2C(=O)c3cccc(NC(=O)CCCCCOCCOCCOCCOCCOCCOc4ccc([N+](=O)[O-])cc4)c3C2=O)C(=O)N1. The molecule has 0 bridgehead atoms. The molecule has 0 saturated carbocycles.